The van der Waals surface area contributed by atoms with Crippen LogP contribution in [0.4, 0.5) is 4.39 Å². The molecule has 0 unspecified atom stereocenters. The van der Waals surface area contributed by atoms with Crippen molar-refractivity contribution < 1.29 is 14.3 Å². The van der Waals surface area contributed by atoms with Gasteiger partial charge in [0.25, 0.3) is 0 Å². The lowest BCUT2D eigenvalue weighted by Gasteiger charge is -2.05. The van der Waals surface area contributed by atoms with Gasteiger partial charge >= 0.3 is 5.97 Å². The average molecular weight is 262 g/mol. The van der Waals surface area contributed by atoms with Crippen LogP contribution in [0.15, 0.2) is 30.3 Å². The van der Waals surface area contributed by atoms with E-state index >= 15 is 0 Å². The van der Waals surface area contributed by atoms with Gasteiger partial charge in [-0.1, -0.05) is 26.0 Å². The normalized spacial score (nSPS) is 10.9. The summed E-state index contributed by atoms with van der Waals surface area (Å²) in [6.07, 6.45) is 0. The average Bonchev–Trinajstić information content (AvgIpc) is 2.76. The van der Waals surface area contributed by atoms with Crippen LogP contribution in [-0.2, 0) is 6.54 Å². The third-order valence-electron chi connectivity index (χ3n) is 2.86. The molecule has 5 heteroatoms. The fourth-order valence-corrected chi connectivity index (χ4v) is 1.77. The van der Waals surface area contributed by atoms with E-state index in [1.165, 1.54) is 16.8 Å². The van der Waals surface area contributed by atoms with E-state index in [1.54, 1.807) is 18.2 Å². The zero-order valence-corrected chi connectivity index (χ0v) is 10.8. The first kappa shape index (κ1) is 13.3. The highest BCUT2D eigenvalue weighted by atomic mass is 19.1. The molecule has 4 nitrogen and oxygen atoms in total. The summed E-state index contributed by atoms with van der Waals surface area (Å²) in [6, 6.07) is 7.52. The van der Waals surface area contributed by atoms with Gasteiger partial charge in [0.1, 0.15) is 11.5 Å². The maximum absolute atomic E-state index is 12.8. The molecule has 2 aromatic rings. The van der Waals surface area contributed by atoms with E-state index in [4.69, 9.17) is 5.11 Å². The van der Waals surface area contributed by atoms with E-state index in [0.717, 1.165) is 11.3 Å². The van der Waals surface area contributed by atoms with E-state index in [2.05, 4.69) is 5.10 Å². The van der Waals surface area contributed by atoms with Crippen molar-refractivity contribution in [2.75, 3.05) is 0 Å². The molecule has 0 saturated carbocycles. The van der Waals surface area contributed by atoms with Crippen LogP contribution >= 0.6 is 0 Å². The van der Waals surface area contributed by atoms with Crippen LogP contribution in [0.2, 0.25) is 0 Å². The minimum atomic E-state index is -1.01. The second-order valence-corrected chi connectivity index (χ2v) is 4.70. The van der Waals surface area contributed by atoms with Gasteiger partial charge in [0.05, 0.1) is 12.2 Å². The van der Waals surface area contributed by atoms with E-state index < -0.39 is 5.97 Å². The number of hydrogen-bond acceptors (Lipinski definition) is 2. The Hall–Kier alpha value is -2.17. The first-order valence-corrected chi connectivity index (χ1v) is 6.03. The van der Waals surface area contributed by atoms with E-state index in [0.29, 0.717) is 6.54 Å². The predicted molar refractivity (Wildman–Crippen MR) is 68.8 cm³/mol. The van der Waals surface area contributed by atoms with Crippen molar-refractivity contribution in [3.63, 3.8) is 0 Å². The monoisotopic (exact) mass is 262 g/mol. The van der Waals surface area contributed by atoms with Crippen molar-refractivity contribution in [2.45, 2.75) is 26.3 Å². The Morgan fingerprint density at radius 3 is 2.53 bits per heavy atom. The Kier molecular flexibility index (Phi) is 3.64. The van der Waals surface area contributed by atoms with Crippen LogP contribution in [0, 0.1) is 5.82 Å². The molecule has 0 amide bonds. The van der Waals surface area contributed by atoms with E-state index in [9.17, 15) is 9.18 Å². The minimum absolute atomic E-state index is 0.146. The highest BCUT2D eigenvalue weighted by Gasteiger charge is 2.16. The number of carboxylic acid groups (broad SMARTS) is 1. The fraction of sp³-hybridized carbons (Fsp3) is 0.286. The van der Waals surface area contributed by atoms with Crippen LogP contribution < -0.4 is 0 Å². The molecular formula is C14H15FN2O2. The Morgan fingerprint density at radius 2 is 2.00 bits per heavy atom. The lowest BCUT2D eigenvalue weighted by Crippen LogP contribution is -2.11. The van der Waals surface area contributed by atoms with E-state index in [1.807, 2.05) is 13.8 Å². The third kappa shape index (κ3) is 2.99. The number of aromatic nitrogens is 2. The highest BCUT2D eigenvalue weighted by Crippen LogP contribution is 2.16. The van der Waals surface area contributed by atoms with Crippen molar-refractivity contribution in [3.8, 4) is 0 Å². The van der Waals surface area contributed by atoms with Gasteiger partial charge in [-0.15, -0.1) is 0 Å². The summed E-state index contributed by atoms with van der Waals surface area (Å²) < 4.78 is 14.3. The van der Waals surface area contributed by atoms with Crippen molar-refractivity contribution in [1.82, 2.24) is 9.78 Å². The van der Waals surface area contributed by atoms with Crippen molar-refractivity contribution in [2.24, 2.45) is 0 Å². The number of aromatic carboxylic acids is 1. The summed E-state index contributed by atoms with van der Waals surface area (Å²) in [5.41, 5.74) is 1.69. The molecule has 0 saturated heterocycles. The van der Waals surface area contributed by atoms with Gasteiger partial charge in [0.15, 0.2) is 0 Å². The molecule has 2 rings (SSSR count). The number of halogens is 1. The summed E-state index contributed by atoms with van der Waals surface area (Å²) in [4.78, 5) is 11.2. The van der Waals surface area contributed by atoms with E-state index in [-0.39, 0.29) is 17.4 Å². The molecule has 0 bridgehead atoms. The quantitative estimate of drug-likeness (QED) is 0.921. The van der Waals surface area contributed by atoms with Gasteiger partial charge in [-0.25, -0.2) is 9.18 Å². The van der Waals surface area contributed by atoms with Gasteiger partial charge in [-0.2, -0.15) is 5.10 Å². The number of carbonyl (C=O) groups is 1. The summed E-state index contributed by atoms with van der Waals surface area (Å²) in [6.45, 7) is 4.22. The molecule has 100 valence electrons. The molecule has 1 heterocycles. The van der Waals surface area contributed by atoms with Gasteiger partial charge in [0.2, 0.25) is 0 Å². The number of benzene rings is 1. The molecule has 0 atom stereocenters. The summed E-state index contributed by atoms with van der Waals surface area (Å²) in [5.74, 6) is -1.17. The van der Waals surface area contributed by atoms with Gasteiger partial charge < -0.3 is 5.11 Å². The molecule has 19 heavy (non-hydrogen) atoms. The maximum Gasteiger partial charge on any atom is 0.354 e. The molecule has 1 aromatic heterocycles. The number of hydrogen-bond donors (Lipinski definition) is 1. The lowest BCUT2D eigenvalue weighted by molar-refractivity contribution is 0.0684. The third-order valence-corrected chi connectivity index (χ3v) is 2.86. The van der Waals surface area contributed by atoms with Crippen molar-refractivity contribution >= 4 is 5.97 Å². The van der Waals surface area contributed by atoms with Crippen molar-refractivity contribution in [1.29, 1.82) is 0 Å². The van der Waals surface area contributed by atoms with Gasteiger partial charge in [-0.3, -0.25) is 4.68 Å². The lowest BCUT2D eigenvalue weighted by atomic mass is 10.1. The second kappa shape index (κ2) is 5.22. The summed E-state index contributed by atoms with van der Waals surface area (Å²) in [5, 5.41) is 13.5. The maximum atomic E-state index is 12.8. The van der Waals surface area contributed by atoms with Crippen LogP contribution in [0.3, 0.4) is 0 Å². The number of carboxylic acids is 1. The van der Waals surface area contributed by atoms with Crippen molar-refractivity contribution in [3.05, 3.63) is 53.1 Å². The topological polar surface area (TPSA) is 55.1 Å². The molecule has 1 aromatic carbocycles. The van der Waals surface area contributed by atoms with Crippen LogP contribution in [0.5, 0.6) is 0 Å². The summed E-state index contributed by atoms with van der Waals surface area (Å²) >= 11 is 0. The number of nitrogens with zero attached hydrogens (tertiary/aromatic N) is 2. The Bertz CT molecular complexity index is 588. The first-order chi connectivity index (χ1) is 8.97. The van der Waals surface area contributed by atoms with Crippen LogP contribution in [-0.4, -0.2) is 20.9 Å². The second-order valence-electron chi connectivity index (χ2n) is 4.70. The van der Waals surface area contributed by atoms with Crippen LogP contribution in [0.1, 0.15) is 41.5 Å². The zero-order chi connectivity index (χ0) is 14.0. The zero-order valence-electron chi connectivity index (χ0n) is 10.8. The molecule has 0 aliphatic heterocycles. The Balaban J connectivity index is 2.33. The van der Waals surface area contributed by atoms with Crippen LogP contribution in [0.25, 0.3) is 0 Å². The van der Waals surface area contributed by atoms with Gasteiger partial charge in [0, 0.05) is 0 Å². The molecule has 0 aliphatic carbocycles. The standard InChI is InChI=1S/C14H15FN2O2/c1-9(2)12-7-13(14(18)19)17(16-12)8-10-3-5-11(15)6-4-10/h3-7,9H,8H2,1-2H3,(H,18,19). The first-order valence-electron chi connectivity index (χ1n) is 6.03. The molecule has 1 N–H and O–H groups in total. The minimum Gasteiger partial charge on any atom is -0.477 e. The molecule has 0 aliphatic rings. The predicted octanol–water partition coefficient (Wildman–Crippen LogP) is 2.89. The molecule has 0 radical (unpaired) electrons. The summed E-state index contributed by atoms with van der Waals surface area (Å²) in [7, 11) is 0. The highest BCUT2D eigenvalue weighted by molar-refractivity contribution is 5.85. The molecule has 0 fully saturated rings. The smallest absolute Gasteiger partial charge is 0.354 e. The SMILES string of the molecule is CC(C)c1cc(C(=O)O)n(Cc2ccc(F)cc2)n1. The number of rotatable bonds is 4. The Labute approximate surface area is 110 Å². The fourth-order valence-electron chi connectivity index (χ4n) is 1.77. The largest absolute Gasteiger partial charge is 0.477 e. The van der Waals surface area contributed by atoms with Gasteiger partial charge in [-0.05, 0) is 29.7 Å². The molecular weight excluding hydrogens is 247 g/mol. The molecule has 0 spiro atoms. The Morgan fingerprint density at radius 1 is 1.37 bits per heavy atom.